The summed E-state index contributed by atoms with van der Waals surface area (Å²) in [4.78, 5) is 0. The van der Waals surface area contributed by atoms with Gasteiger partial charge in [0.15, 0.2) is 8.32 Å². The van der Waals surface area contributed by atoms with Gasteiger partial charge in [-0.3, -0.25) is 0 Å². The molecule has 5 heteroatoms. The molecular weight excluding hydrogens is 365 g/mol. The maximum absolute atomic E-state index is 6.86. The highest BCUT2D eigenvalue weighted by atomic mass is 32.2. The third kappa shape index (κ3) is 8.48. The van der Waals surface area contributed by atoms with Gasteiger partial charge in [-0.1, -0.05) is 46.0 Å². The van der Waals surface area contributed by atoms with Gasteiger partial charge in [0, 0.05) is 8.07 Å². The summed E-state index contributed by atoms with van der Waals surface area (Å²) in [6.45, 7) is 23.6. The molecule has 142 valence electrons. The van der Waals surface area contributed by atoms with Crippen molar-refractivity contribution in [3.05, 3.63) is 12.2 Å². The number of hydrogen-bond donors (Lipinski definition) is 0. The molecule has 0 aromatic rings. The van der Waals surface area contributed by atoms with Crippen LogP contribution in [0.15, 0.2) is 12.2 Å². The van der Waals surface area contributed by atoms with E-state index in [4.69, 9.17) is 4.43 Å². The van der Waals surface area contributed by atoms with Gasteiger partial charge in [0.1, 0.15) is 0 Å². The number of hydrogen-bond acceptors (Lipinski definition) is 3. The molecule has 0 aliphatic carbocycles. The second-order valence-electron chi connectivity index (χ2n) is 9.95. The molecule has 0 aromatic carbocycles. The first kappa shape index (κ1) is 22.9. The molecule has 24 heavy (non-hydrogen) atoms. The van der Waals surface area contributed by atoms with Crippen LogP contribution in [0.4, 0.5) is 0 Å². The average molecular weight is 405 g/mol. The van der Waals surface area contributed by atoms with Crippen molar-refractivity contribution >= 4 is 39.9 Å². The maximum Gasteiger partial charge on any atom is 0.192 e. The summed E-state index contributed by atoms with van der Waals surface area (Å²) in [7, 11) is -2.82. The summed E-state index contributed by atoms with van der Waals surface area (Å²) in [6.07, 6.45) is 3.97. The monoisotopic (exact) mass is 404 g/mol. The summed E-state index contributed by atoms with van der Waals surface area (Å²) >= 11 is 4.29. The lowest BCUT2D eigenvalue weighted by Crippen LogP contribution is -2.44. The third-order valence-electron chi connectivity index (χ3n) is 4.92. The van der Waals surface area contributed by atoms with Crippen molar-refractivity contribution in [1.29, 1.82) is 0 Å². The van der Waals surface area contributed by atoms with E-state index < -0.39 is 16.4 Å². The van der Waals surface area contributed by atoms with Gasteiger partial charge in [0.2, 0.25) is 0 Å². The Morgan fingerprint density at radius 2 is 1.67 bits per heavy atom. The van der Waals surface area contributed by atoms with Crippen molar-refractivity contribution < 1.29 is 4.43 Å². The zero-order valence-electron chi connectivity index (χ0n) is 17.3. The summed E-state index contributed by atoms with van der Waals surface area (Å²) in [5, 5.41) is 0.276. The second kappa shape index (κ2) is 9.16. The third-order valence-corrected chi connectivity index (χ3v) is 14.0. The highest BCUT2D eigenvalue weighted by Gasteiger charge is 2.39. The normalized spacial score (nSPS) is 19.3. The Labute approximate surface area is 162 Å². The minimum Gasteiger partial charge on any atom is -0.414 e. The lowest BCUT2D eigenvalue weighted by molar-refractivity contribution is 0.175. The number of thioether (sulfide) groups is 2. The van der Waals surface area contributed by atoms with Crippen molar-refractivity contribution in [2.24, 2.45) is 0 Å². The molecule has 1 heterocycles. The zero-order valence-corrected chi connectivity index (χ0v) is 21.0. The van der Waals surface area contributed by atoms with E-state index in [2.05, 4.69) is 83.6 Å². The predicted octanol–water partition coefficient (Wildman–Crippen LogP) is 7.25. The molecule has 1 aliphatic heterocycles. The van der Waals surface area contributed by atoms with E-state index >= 15 is 0 Å². The minimum atomic E-state index is -1.73. The molecule has 0 spiro atoms. The lowest BCUT2D eigenvalue weighted by atomic mass is 10.1. The van der Waals surface area contributed by atoms with Crippen LogP contribution in [0.5, 0.6) is 0 Å². The first-order chi connectivity index (χ1) is 10.8. The first-order valence-electron chi connectivity index (χ1n) is 9.38. The van der Waals surface area contributed by atoms with Gasteiger partial charge < -0.3 is 4.43 Å². The van der Waals surface area contributed by atoms with Gasteiger partial charge in [0.25, 0.3) is 0 Å². The van der Waals surface area contributed by atoms with Crippen molar-refractivity contribution in [3.63, 3.8) is 0 Å². The van der Waals surface area contributed by atoms with Crippen LogP contribution in [-0.2, 0) is 4.43 Å². The van der Waals surface area contributed by atoms with Gasteiger partial charge in [0.05, 0.1) is 10.7 Å². The molecule has 0 radical (unpaired) electrons. The molecule has 0 unspecified atom stereocenters. The second-order valence-corrected chi connectivity index (χ2v) is 23.1. The van der Waals surface area contributed by atoms with Crippen LogP contribution in [0, 0.1) is 0 Å². The van der Waals surface area contributed by atoms with E-state index in [1.54, 1.807) is 0 Å². The van der Waals surface area contributed by atoms with E-state index in [1.165, 1.54) is 36.0 Å². The van der Waals surface area contributed by atoms with E-state index in [0.717, 1.165) is 6.42 Å². The van der Waals surface area contributed by atoms with E-state index in [0.29, 0.717) is 10.7 Å². The molecular formula is C19H40OS2Si2. The molecule has 1 fully saturated rings. The fourth-order valence-corrected chi connectivity index (χ4v) is 8.80. The van der Waals surface area contributed by atoms with Crippen LogP contribution in [0.2, 0.25) is 43.8 Å². The van der Waals surface area contributed by atoms with Crippen LogP contribution in [0.25, 0.3) is 0 Å². The van der Waals surface area contributed by atoms with Crippen LogP contribution in [0.1, 0.15) is 40.0 Å². The van der Waals surface area contributed by atoms with Gasteiger partial charge in [-0.25, -0.2) is 0 Å². The SMILES string of the molecule is C=C(C[C@@H](CC1SCCCS1)O[Si](C)(C)C(C)(C)C)C[Si](C)(C)C. The van der Waals surface area contributed by atoms with Gasteiger partial charge in [-0.15, -0.1) is 30.1 Å². The highest BCUT2D eigenvalue weighted by Crippen LogP contribution is 2.41. The van der Waals surface area contributed by atoms with Crippen molar-refractivity contribution in [2.75, 3.05) is 11.5 Å². The minimum absolute atomic E-state index is 0.276. The fraction of sp³-hybridized carbons (Fsp3) is 0.895. The molecule has 1 atom stereocenters. The zero-order chi connectivity index (χ0) is 18.6. The van der Waals surface area contributed by atoms with Gasteiger partial charge >= 0.3 is 0 Å². The van der Waals surface area contributed by atoms with E-state index in [-0.39, 0.29) is 5.04 Å². The molecule has 0 aromatic heterocycles. The van der Waals surface area contributed by atoms with E-state index in [1.807, 2.05) is 0 Å². The van der Waals surface area contributed by atoms with Gasteiger partial charge in [-0.05, 0) is 54.9 Å². The fourth-order valence-electron chi connectivity index (χ4n) is 2.80. The molecule has 0 saturated carbocycles. The Morgan fingerprint density at radius 1 is 1.12 bits per heavy atom. The summed E-state index contributed by atoms with van der Waals surface area (Å²) < 4.78 is 7.57. The molecule has 1 nitrogen and oxygen atoms in total. The molecule has 0 N–H and O–H groups in total. The van der Waals surface area contributed by atoms with Crippen molar-refractivity contribution in [1.82, 2.24) is 0 Å². The number of rotatable bonds is 8. The maximum atomic E-state index is 6.86. The molecule has 0 bridgehead atoms. The molecule has 1 saturated heterocycles. The molecule has 0 amide bonds. The smallest absolute Gasteiger partial charge is 0.192 e. The largest absolute Gasteiger partial charge is 0.414 e. The van der Waals surface area contributed by atoms with Crippen LogP contribution < -0.4 is 0 Å². The quantitative estimate of drug-likeness (QED) is 0.311. The highest BCUT2D eigenvalue weighted by molar-refractivity contribution is 8.17. The Kier molecular flexibility index (Phi) is 8.73. The van der Waals surface area contributed by atoms with Crippen molar-refractivity contribution in [3.8, 4) is 0 Å². The Hall–Kier alpha value is 0.834. The summed E-state index contributed by atoms with van der Waals surface area (Å²) in [5.74, 6) is 2.64. The standard InChI is InChI=1S/C19H40OS2Si2/c1-16(15-23(5,6)7)13-17(14-18-21-11-10-12-22-18)20-24(8,9)19(2,3)4/h17-18H,1,10-15H2,2-9H3/t17-/m0/s1. The Bertz CT molecular complexity index is 405. The van der Waals surface area contributed by atoms with Crippen molar-refractivity contribution in [2.45, 2.75) is 94.5 Å². The Morgan fingerprint density at radius 3 is 2.12 bits per heavy atom. The lowest BCUT2D eigenvalue weighted by Gasteiger charge is -2.40. The topological polar surface area (TPSA) is 9.23 Å². The van der Waals surface area contributed by atoms with Gasteiger partial charge in [-0.2, -0.15) is 0 Å². The summed E-state index contributed by atoms with van der Waals surface area (Å²) in [5.41, 5.74) is 1.42. The first-order valence-corrected chi connectivity index (χ1v) is 18.1. The van der Waals surface area contributed by atoms with Crippen LogP contribution in [-0.4, -0.2) is 38.6 Å². The average Bonchev–Trinajstić information content (AvgIpc) is 2.35. The van der Waals surface area contributed by atoms with E-state index in [9.17, 15) is 0 Å². The predicted molar refractivity (Wildman–Crippen MR) is 122 cm³/mol. The van der Waals surface area contributed by atoms with Crippen LogP contribution in [0.3, 0.4) is 0 Å². The Balaban J connectivity index is 2.76. The molecule has 1 aliphatic rings. The van der Waals surface area contributed by atoms with Crippen LogP contribution >= 0.6 is 23.5 Å². The summed E-state index contributed by atoms with van der Waals surface area (Å²) in [6, 6.07) is 1.23. The molecule has 1 rings (SSSR count).